The van der Waals surface area contributed by atoms with Gasteiger partial charge in [0.25, 0.3) is 0 Å². The predicted octanol–water partition coefficient (Wildman–Crippen LogP) is 13.9. The van der Waals surface area contributed by atoms with Crippen LogP contribution in [0.1, 0.15) is 25.0 Å². The van der Waals surface area contributed by atoms with Gasteiger partial charge in [0.1, 0.15) is 11.1 Å². The van der Waals surface area contributed by atoms with E-state index in [9.17, 15) is 0 Å². The van der Waals surface area contributed by atoms with Crippen molar-refractivity contribution in [3.8, 4) is 50.6 Å². The second-order valence-electron chi connectivity index (χ2n) is 15.7. The van der Waals surface area contributed by atoms with Gasteiger partial charge in [0.2, 0.25) is 5.95 Å². The number of hydrogen-bond acceptors (Lipinski definition) is 3. The standard InChI is InChI=1S/C53H35N3O/c1-53(2)43-20-10-6-16-36(43)41-30-35(28-29-44(41)53)40-31-42-37-17-9-13-23-47(37)57-51(42)50-48(40)39-19-8-12-22-46(39)56(50)52-54-45-21-11-7-18-38(45)49(55-52)34-26-24-33(25-27-34)32-14-4-3-5-15-32/h3-31H,1-2H3. The highest BCUT2D eigenvalue weighted by atomic mass is 16.3. The van der Waals surface area contributed by atoms with E-state index in [0.29, 0.717) is 5.95 Å². The Kier molecular flexibility index (Phi) is 6.65. The van der Waals surface area contributed by atoms with Crippen LogP contribution < -0.4 is 0 Å². The van der Waals surface area contributed by atoms with Crippen molar-refractivity contribution in [2.45, 2.75) is 19.3 Å². The molecule has 0 N–H and O–H groups in total. The van der Waals surface area contributed by atoms with Crippen LogP contribution in [-0.4, -0.2) is 14.5 Å². The van der Waals surface area contributed by atoms with Crippen molar-refractivity contribution >= 4 is 54.6 Å². The molecule has 0 saturated carbocycles. The quantitative estimate of drug-likeness (QED) is 0.181. The third-order valence-corrected chi connectivity index (χ3v) is 12.2. The second kappa shape index (κ2) is 11.8. The molecule has 0 atom stereocenters. The lowest BCUT2D eigenvalue weighted by Crippen LogP contribution is -2.14. The fourth-order valence-electron chi connectivity index (χ4n) is 9.49. The number of benzene rings is 8. The SMILES string of the molecule is CC1(C)c2ccccc2-c2cc(-c3cc4c5ccccc5oc4c4c3c3ccccc3n4-c3nc(-c4ccc(-c5ccccc5)cc4)c4ccccc4n3)ccc21. The Morgan fingerprint density at radius 3 is 1.98 bits per heavy atom. The number of rotatable bonds is 4. The average Bonchev–Trinajstić information content (AvgIpc) is 3.89. The second-order valence-corrected chi connectivity index (χ2v) is 15.7. The van der Waals surface area contributed by atoms with Crippen LogP contribution in [0, 0.1) is 0 Å². The van der Waals surface area contributed by atoms with Crippen molar-refractivity contribution in [2.24, 2.45) is 0 Å². The summed E-state index contributed by atoms with van der Waals surface area (Å²) >= 11 is 0. The highest BCUT2D eigenvalue weighted by Crippen LogP contribution is 2.51. The van der Waals surface area contributed by atoms with Crippen LogP contribution in [-0.2, 0) is 5.41 Å². The lowest BCUT2D eigenvalue weighted by Gasteiger charge is -2.21. The minimum absolute atomic E-state index is 0.0759. The summed E-state index contributed by atoms with van der Waals surface area (Å²) in [6.45, 7) is 4.67. The molecule has 0 unspecified atom stereocenters. The molecule has 3 heterocycles. The first kappa shape index (κ1) is 32.0. The van der Waals surface area contributed by atoms with E-state index in [1.807, 2.05) is 6.07 Å². The molecule has 0 radical (unpaired) electrons. The maximum Gasteiger partial charge on any atom is 0.235 e. The number of hydrogen-bond donors (Lipinski definition) is 0. The van der Waals surface area contributed by atoms with Crippen molar-refractivity contribution in [1.82, 2.24) is 14.5 Å². The summed E-state index contributed by atoms with van der Waals surface area (Å²) in [4.78, 5) is 10.8. The Balaban J connectivity index is 1.17. The van der Waals surface area contributed by atoms with E-state index in [4.69, 9.17) is 14.4 Å². The molecule has 0 saturated heterocycles. The number of nitrogens with zero attached hydrogens (tertiary/aromatic N) is 3. The van der Waals surface area contributed by atoms with Gasteiger partial charge in [0.15, 0.2) is 5.58 Å². The fraction of sp³-hybridized carbons (Fsp3) is 0.0566. The van der Waals surface area contributed by atoms with Gasteiger partial charge in [-0.2, -0.15) is 0 Å². The highest BCUT2D eigenvalue weighted by molar-refractivity contribution is 6.26. The normalized spacial score (nSPS) is 13.2. The molecule has 4 nitrogen and oxygen atoms in total. The zero-order valence-corrected chi connectivity index (χ0v) is 31.5. The maximum absolute atomic E-state index is 6.88. The minimum atomic E-state index is -0.0759. The van der Waals surface area contributed by atoms with E-state index in [1.54, 1.807) is 0 Å². The van der Waals surface area contributed by atoms with Gasteiger partial charge in [-0.15, -0.1) is 0 Å². The average molecular weight is 730 g/mol. The summed E-state index contributed by atoms with van der Waals surface area (Å²) < 4.78 is 9.11. The topological polar surface area (TPSA) is 43.9 Å². The van der Waals surface area contributed by atoms with E-state index in [2.05, 4.69) is 188 Å². The van der Waals surface area contributed by atoms with E-state index in [-0.39, 0.29) is 5.41 Å². The predicted molar refractivity (Wildman–Crippen MR) is 235 cm³/mol. The molecule has 0 amide bonds. The monoisotopic (exact) mass is 729 g/mol. The minimum Gasteiger partial charge on any atom is -0.454 e. The summed E-state index contributed by atoms with van der Waals surface area (Å²) in [6.07, 6.45) is 0. The van der Waals surface area contributed by atoms with Crippen LogP contribution in [0.15, 0.2) is 180 Å². The molecule has 1 aliphatic rings. The molecule has 57 heavy (non-hydrogen) atoms. The van der Waals surface area contributed by atoms with Crippen molar-refractivity contribution < 1.29 is 4.42 Å². The van der Waals surface area contributed by atoms with Crippen molar-refractivity contribution in [2.75, 3.05) is 0 Å². The van der Waals surface area contributed by atoms with Crippen LogP contribution in [0.3, 0.4) is 0 Å². The van der Waals surface area contributed by atoms with E-state index >= 15 is 0 Å². The molecule has 8 aromatic carbocycles. The van der Waals surface area contributed by atoms with Crippen LogP contribution in [0.25, 0.3) is 105 Å². The van der Waals surface area contributed by atoms with E-state index in [0.717, 1.165) is 71.5 Å². The molecule has 3 aromatic heterocycles. The Labute approximate surface area is 329 Å². The van der Waals surface area contributed by atoms with Crippen LogP contribution >= 0.6 is 0 Å². The number of fused-ring (bicyclic) bond motifs is 11. The summed E-state index contributed by atoms with van der Waals surface area (Å²) in [5.41, 5.74) is 16.4. The number of furan rings is 1. The summed E-state index contributed by atoms with van der Waals surface area (Å²) in [5.74, 6) is 0.602. The smallest absolute Gasteiger partial charge is 0.235 e. The van der Waals surface area contributed by atoms with Crippen molar-refractivity contribution in [3.05, 3.63) is 187 Å². The van der Waals surface area contributed by atoms with Gasteiger partial charge in [0, 0.05) is 37.9 Å². The van der Waals surface area contributed by atoms with Gasteiger partial charge in [-0.05, 0) is 74.8 Å². The van der Waals surface area contributed by atoms with Gasteiger partial charge in [-0.1, -0.05) is 159 Å². The first-order valence-corrected chi connectivity index (χ1v) is 19.6. The molecule has 268 valence electrons. The first-order chi connectivity index (χ1) is 28.0. The molecule has 0 bridgehead atoms. The van der Waals surface area contributed by atoms with Crippen LogP contribution in [0.2, 0.25) is 0 Å². The van der Waals surface area contributed by atoms with Gasteiger partial charge in [0.05, 0.1) is 16.7 Å². The largest absolute Gasteiger partial charge is 0.454 e. The van der Waals surface area contributed by atoms with Gasteiger partial charge < -0.3 is 4.42 Å². The zero-order chi connectivity index (χ0) is 37.8. The molecule has 0 aliphatic heterocycles. The molecule has 1 aliphatic carbocycles. The Morgan fingerprint density at radius 2 is 1.12 bits per heavy atom. The number of para-hydroxylation sites is 3. The molecular weight excluding hydrogens is 695 g/mol. The van der Waals surface area contributed by atoms with Crippen LogP contribution in [0.5, 0.6) is 0 Å². The van der Waals surface area contributed by atoms with E-state index in [1.165, 1.54) is 38.9 Å². The molecule has 0 fully saturated rings. The first-order valence-electron chi connectivity index (χ1n) is 19.6. The molecule has 4 heteroatoms. The summed E-state index contributed by atoms with van der Waals surface area (Å²) in [6, 6.07) is 62.8. The fourth-order valence-corrected chi connectivity index (χ4v) is 9.49. The molecule has 0 spiro atoms. The van der Waals surface area contributed by atoms with E-state index < -0.39 is 0 Å². The zero-order valence-electron chi connectivity index (χ0n) is 31.5. The van der Waals surface area contributed by atoms with Crippen LogP contribution in [0.4, 0.5) is 0 Å². The van der Waals surface area contributed by atoms with Crippen molar-refractivity contribution in [3.63, 3.8) is 0 Å². The van der Waals surface area contributed by atoms with Gasteiger partial charge >= 0.3 is 0 Å². The number of aromatic nitrogens is 3. The molecule has 11 aromatic rings. The Hall–Kier alpha value is -7.30. The third-order valence-electron chi connectivity index (χ3n) is 12.2. The highest BCUT2D eigenvalue weighted by Gasteiger charge is 2.35. The molecular formula is C53H35N3O. The lowest BCUT2D eigenvalue weighted by atomic mass is 9.82. The molecule has 12 rings (SSSR count). The third kappa shape index (κ3) is 4.62. The Morgan fingerprint density at radius 1 is 0.474 bits per heavy atom. The van der Waals surface area contributed by atoms with Crippen molar-refractivity contribution in [1.29, 1.82) is 0 Å². The lowest BCUT2D eigenvalue weighted by molar-refractivity contribution is 0.660. The maximum atomic E-state index is 6.88. The van der Waals surface area contributed by atoms with Gasteiger partial charge in [-0.3, -0.25) is 4.57 Å². The van der Waals surface area contributed by atoms with Gasteiger partial charge in [-0.25, -0.2) is 9.97 Å². The summed E-state index contributed by atoms with van der Waals surface area (Å²) in [7, 11) is 0. The Bertz CT molecular complexity index is 3420. The summed E-state index contributed by atoms with van der Waals surface area (Å²) in [5, 5.41) is 5.39.